The molecule has 0 atom stereocenters. The van der Waals surface area contributed by atoms with E-state index in [0.29, 0.717) is 6.61 Å². The van der Waals surface area contributed by atoms with Crippen molar-refractivity contribution < 1.29 is 9.53 Å². The van der Waals surface area contributed by atoms with Crippen LogP contribution in [0.1, 0.15) is 30.9 Å². The number of hydrogen-bond donors (Lipinski definition) is 0. The number of esters is 1. The highest BCUT2D eigenvalue weighted by Crippen LogP contribution is 2.26. The van der Waals surface area contributed by atoms with Gasteiger partial charge in [-0.1, -0.05) is 74.5 Å². The van der Waals surface area contributed by atoms with E-state index in [-0.39, 0.29) is 11.9 Å². The number of benzene rings is 2. The third-order valence-electron chi connectivity index (χ3n) is 4.42. The lowest BCUT2D eigenvalue weighted by molar-refractivity contribution is -0.143. The fourth-order valence-corrected chi connectivity index (χ4v) is 3.67. The molecule has 0 N–H and O–H groups in total. The first-order valence-electron chi connectivity index (χ1n) is 9.32. The molecule has 2 aromatic rings. The van der Waals surface area contributed by atoms with Gasteiger partial charge in [0.2, 0.25) is 0 Å². The normalized spacial score (nSPS) is 11.1. The van der Waals surface area contributed by atoms with E-state index in [2.05, 4.69) is 18.7 Å². The third-order valence-corrected chi connectivity index (χ3v) is 5.35. The molecular formula is C22H29NO2S. The maximum Gasteiger partial charge on any atom is 0.317 e. The molecule has 4 heteroatoms. The van der Waals surface area contributed by atoms with Crippen LogP contribution in [0.3, 0.4) is 0 Å². The Bertz CT molecular complexity index is 590. The van der Waals surface area contributed by atoms with E-state index < -0.39 is 0 Å². The zero-order valence-corrected chi connectivity index (χ0v) is 16.6. The van der Waals surface area contributed by atoms with Gasteiger partial charge in [-0.2, -0.15) is 11.8 Å². The number of carbonyl (C=O) groups excluding carboxylic acids is 1. The smallest absolute Gasteiger partial charge is 0.317 e. The molecule has 0 aliphatic rings. The summed E-state index contributed by atoms with van der Waals surface area (Å²) in [4.78, 5) is 15.1. The average molecular weight is 372 g/mol. The Labute approximate surface area is 161 Å². The van der Waals surface area contributed by atoms with Crippen molar-refractivity contribution in [2.45, 2.75) is 19.8 Å². The second-order valence-electron chi connectivity index (χ2n) is 6.06. The molecular weight excluding hydrogens is 342 g/mol. The summed E-state index contributed by atoms with van der Waals surface area (Å²) < 4.78 is 5.60. The fraction of sp³-hybridized carbons (Fsp3) is 0.409. The summed E-state index contributed by atoms with van der Waals surface area (Å²) in [6.45, 7) is 8.08. The molecule has 140 valence electrons. The molecule has 2 aromatic carbocycles. The van der Waals surface area contributed by atoms with Crippen molar-refractivity contribution in [1.82, 2.24) is 4.90 Å². The van der Waals surface area contributed by atoms with Crippen LogP contribution in [0.4, 0.5) is 0 Å². The molecule has 0 bridgehead atoms. The summed E-state index contributed by atoms with van der Waals surface area (Å²) >= 11 is 1.84. The van der Waals surface area contributed by atoms with Gasteiger partial charge in [-0.25, -0.2) is 0 Å². The molecule has 0 amide bonds. The summed E-state index contributed by atoms with van der Waals surface area (Å²) in [5, 5.41) is 0. The van der Waals surface area contributed by atoms with E-state index in [0.717, 1.165) is 42.3 Å². The van der Waals surface area contributed by atoms with E-state index in [4.69, 9.17) is 4.74 Å². The van der Waals surface area contributed by atoms with Crippen LogP contribution in [0, 0.1) is 0 Å². The van der Waals surface area contributed by atoms with Crippen LogP contribution in [0.5, 0.6) is 0 Å². The number of hydrogen-bond acceptors (Lipinski definition) is 4. The first kappa shape index (κ1) is 20.5. The van der Waals surface area contributed by atoms with Crippen LogP contribution >= 0.6 is 11.8 Å². The maximum absolute atomic E-state index is 12.7. The lowest BCUT2D eigenvalue weighted by atomic mass is 9.91. The molecule has 26 heavy (non-hydrogen) atoms. The Morgan fingerprint density at radius 2 is 1.46 bits per heavy atom. The maximum atomic E-state index is 12.7. The molecule has 0 fully saturated rings. The highest BCUT2D eigenvalue weighted by molar-refractivity contribution is 7.99. The van der Waals surface area contributed by atoms with Crippen LogP contribution in [0.15, 0.2) is 60.7 Å². The SMILES string of the molecule is CCN(CC)CCSCCOC(=O)C(c1ccccc1)c1ccccc1. The molecule has 0 saturated heterocycles. The van der Waals surface area contributed by atoms with E-state index in [1.54, 1.807) is 0 Å². The third kappa shape index (κ3) is 6.50. The van der Waals surface area contributed by atoms with Crippen molar-refractivity contribution in [3.8, 4) is 0 Å². The molecule has 2 rings (SSSR count). The monoisotopic (exact) mass is 371 g/mol. The Hall–Kier alpha value is -1.78. The lowest BCUT2D eigenvalue weighted by Gasteiger charge is -2.18. The minimum atomic E-state index is -0.363. The molecule has 0 aliphatic carbocycles. The molecule has 0 radical (unpaired) electrons. The fourth-order valence-electron chi connectivity index (χ4n) is 2.88. The summed E-state index contributed by atoms with van der Waals surface area (Å²) in [5.74, 6) is 1.37. The van der Waals surface area contributed by atoms with Gasteiger partial charge in [0, 0.05) is 18.1 Å². The molecule has 0 heterocycles. The lowest BCUT2D eigenvalue weighted by Crippen LogP contribution is -2.25. The van der Waals surface area contributed by atoms with Crippen LogP contribution in [-0.2, 0) is 9.53 Å². The minimum absolute atomic E-state index is 0.174. The van der Waals surface area contributed by atoms with E-state index in [1.807, 2.05) is 72.4 Å². The summed E-state index contributed by atoms with van der Waals surface area (Å²) in [6, 6.07) is 19.7. The zero-order valence-electron chi connectivity index (χ0n) is 15.8. The van der Waals surface area contributed by atoms with Crippen molar-refractivity contribution >= 4 is 17.7 Å². The largest absolute Gasteiger partial charge is 0.464 e. The van der Waals surface area contributed by atoms with Crippen molar-refractivity contribution in [1.29, 1.82) is 0 Å². The van der Waals surface area contributed by atoms with Gasteiger partial charge in [-0.3, -0.25) is 4.79 Å². The minimum Gasteiger partial charge on any atom is -0.464 e. The summed E-state index contributed by atoms with van der Waals surface area (Å²) in [7, 11) is 0. The van der Waals surface area contributed by atoms with Crippen molar-refractivity contribution in [2.75, 3.05) is 37.7 Å². The van der Waals surface area contributed by atoms with Gasteiger partial charge in [-0.05, 0) is 24.2 Å². The Morgan fingerprint density at radius 3 is 1.96 bits per heavy atom. The van der Waals surface area contributed by atoms with Gasteiger partial charge < -0.3 is 9.64 Å². The van der Waals surface area contributed by atoms with Gasteiger partial charge in [0.15, 0.2) is 0 Å². The summed E-state index contributed by atoms with van der Waals surface area (Å²) in [5.41, 5.74) is 1.94. The predicted octanol–water partition coefficient (Wildman–Crippen LogP) is 4.44. The number of carbonyl (C=O) groups is 1. The molecule has 0 aliphatic heterocycles. The highest BCUT2D eigenvalue weighted by Gasteiger charge is 2.23. The molecule has 0 spiro atoms. The standard InChI is InChI=1S/C22H29NO2S/c1-3-23(4-2)15-17-26-18-16-25-22(24)21(19-11-7-5-8-12-19)20-13-9-6-10-14-20/h5-14,21H,3-4,15-18H2,1-2H3. The Morgan fingerprint density at radius 1 is 0.923 bits per heavy atom. The second-order valence-corrected chi connectivity index (χ2v) is 7.29. The number of ether oxygens (including phenoxy) is 1. The van der Waals surface area contributed by atoms with Crippen LogP contribution in [-0.4, -0.2) is 48.6 Å². The highest BCUT2D eigenvalue weighted by atomic mass is 32.2. The van der Waals surface area contributed by atoms with Crippen LogP contribution in [0.25, 0.3) is 0 Å². The number of rotatable bonds is 11. The Balaban J connectivity index is 1.86. The van der Waals surface area contributed by atoms with E-state index in [1.165, 1.54) is 0 Å². The molecule has 0 saturated carbocycles. The van der Waals surface area contributed by atoms with Gasteiger partial charge in [0.25, 0.3) is 0 Å². The molecule has 3 nitrogen and oxygen atoms in total. The predicted molar refractivity (Wildman–Crippen MR) is 111 cm³/mol. The van der Waals surface area contributed by atoms with E-state index >= 15 is 0 Å². The zero-order chi connectivity index (χ0) is 18.6. The molecule has 0 unspecified atom stereocenters. The quantitative estimate of drug-likeness (QED) is 0.431. The first-order valence-corrected chi connectivity index (χ1v) is 10.5. The van der Waals surface area contributed by atoms with Crippen molar-refractivity contribution in [2.24, 2.45) is 0 Å². The topological polar surface area (TPSA) is 29.5 Å². The average Bonchev–Trinajstić information content (AvgIpc) is 2.69. The van der Waals surface area contributed by atoms with Crippen molar-refractivity contribution in [3.05, 3.63) is 71.8 Å². The van der Waals surface area contributed by atoms with Gasteiger partial charge in [0.1, 0.15) is 12.5 Å². The number of nitrogens with zero attached hydrogens (tertiary/aromatic N) is 1. The van der Waals surface area contributed by atoms with Crippen LogP contribution in [0.2, 0.25) is 0 Å². The van der Waals surface area contributed by atoms with E-state index in [9.17, 15) is 4.79 Å². The van der Waals surface area contributed by atoms with Crippen molar-refractivity contribution in [3.63, 3.8) is 0 Å². The number of thioether (sulfide) groups is 1. The van der Waals surface area contributed by atoms with Gasteiger partial charge >= 0.3 is 5.97 Å². The van der Waals surface area contributed by atoms with Crippen LogP contribution < -0.4 is 0 Å². The Kier molecular flexibility index (Phi) is 9.29. The summed E-state index contributed by atoms with van der Waals surface area (Å²) in [6.07, 6.45) is 0. The second kappa shape index (κ2) is 11.8. The first-order chi connectivity index (χ1) is 12.8. The van der Waals surface area contributed by atoms with Gasteiger partial charge in [-0.15, -0.1) is 0 Å². The molecule has 0 aromatic heterocycles. The van der Waals surface area contributed by atoms with Gasteiger partial charge in [0.05, 0.1) is 0 Å².